The van der Waals surface area contributed by atoms with Crippen molar-refractivity contribution in [1.29, 1.82) is 0 Å². The van der Waals surface area contributed by atoms with Gasteiger partial charge in [0.2, 0.25) is 0 Å². The van der Waals surface area contributed by atoms with E-state index < -0.39 is 14.8 Å². The van der Waals surface area contributed by atoms with Crippen LogP contribution in [-0.2, 0) is 13.3 Å². The van der Waals surface area contributed by atoms with Crippen LogP contribution in [0.2, 0.25) is 6.04 Å². The molecule has 182 valence electrons. The van der Waals surface area contributed by atoms with Gasteiger partial charge in [-0.2, -0.15) is 0 Å². The van der Waals surface area contributed by atoms with Gasteiger partial charge in [-0.1, -0.05) is 30.3 Å². The first kappa shape index (κ1) is 28.5. The number of hydrogen-bond acceptors (Lipinski definition) is 6. The quantitative estimate of drug-likeness (QED) is 0.250. The third kappa shape index (κ3) is 11.2. The van der Waals surface area contributed by atoms with Gasteiger partial charge in [0.05, 0.1) is 5.56 Å². The Balaban J connectivity index is 0.000000502. The summed E-state index contributed by atoms with van der Waals surface area (Å²) in [4.78, 5) is 17.3. The van der Waals surface area contributed by atoms with Crippen LogP contribution in [0.25, 0.3) is 0 Å². The summed E-state index contributed by atoms with van der Waals surface area (Å²) < 4.78 is 17.4. The summed E-state index contributed by atoms with van der Waals surface area (Å²) in [6.45, 7) is 8.20. The lowest BCUT2D eigenvalue weighted by atomic mass is 10.1. The van der Waals surface area contributed by atoms with Gasteiger partial charge in [0, 0.05) is 58.4 Å². The Morgan fingerprint density at radius 3 is 1.91 bits per heavy atom. The molecule has 0 aliphatic carbocycles. The number of aromatic carboxylic acids is 1. The normalized spacial score (nSPS) is 11.2. The van der Waals surface area contributed by atoms with Crippen molar-refractivity contribution in [1.82, 2.24) is 0 Å². The molecule has 0 amide bonds. The van der Waals surface area contributed by atoms with Crippen molar-refractivity contribution in [3.63, 3.8) is 0 Å². The van der Waals surface area contributed by atoms with Gasteiger partial charge in [0.1, 0.15) is 0 Å². The monoisotopic (exact) mass is 474 g/mol. The number of anilines is 1. The number of carboxylic acid groups (broad SMARTS) is 1. The smallest absolute Gasteiger partial charge is 0.478 e. The Hall–Kier alpha value is -2.52. The lowest BCUT2D eigenvalue weighted by Gasteiger charge is -2.28. The van der Waals surface area contributed by atoms with Crippen molar-refractivity contribution in [3.05, 3.63) is 65.7 Å². The zero-order chi connectivity index (χ0) is 24.5. The van der Waals surface area contributed by atoms with Gasteiger partial charge in [-0.3, -0.25) is 4.99 Å². The van der Waals surface area contributed by atoms with Crippen LogP contribution in [0.1, 0.15) is 43.1 Å². The van der Waals surface area contributed by atoms with Crippen molar-refractivity contribution in [2.75, 3.05) is 45.4 Å². The van der Waals surface area contributed by atoms with Crippen molar-refractivity contribution < 1.29 is 23.2 Å². The standard InChI is InChI=1S/C17H27NO5Si.C8H11N/c1-4-21-24(22-5-2,23-6-3)13-7-12-18-14-15-8-10-16(11-9-15)17(19)20;1-9(2)8-6-4-3-5-7-8/h8-11,14H,4-7,12-13H2,1-3H3,(H,19,20);3-7H,1-2H3. The van der Waals surface area contributed by atoms with E-state index in [1.807, 2.05) is 53.1 Å². The summed E-state index contributed by atoms with van der Waals surface area (Å²) >= 11 is 0. The van der Waals surface area contributed by atoms with Gasteiger partial charge in [0.25, 0.3) is 0 Å². The van der Waals surface area contributed by atoms with Crippen LogP contribution < -0.4 is 4.90 Å². The molecule has 2 aromatic rings. The van der Waals surface area contributed by atoms with E-state index in [1.165, 1.54) is 5.69 Å². The lowest BCUT2D eigenvalue weighted by molar-refractivity contribution is 0.0692. The topological polar surface area (TPSA) is 80.6 Å². The van der Waals surface area contributed by atoms with Gasteiger partial charge in [0.15, 0.2) is 0 Å². The molecule has 0 aromatic heterocycles. The highest BCUT2D eigenvalue weighted by Gasteiger charge is 2.39. The first-order valence-corrected chi connectivity index (χ1v) is 13.3. The van der Waals surface area contributed by atoms with E-state index in [1.54, 1.807) is 30.5 Å². The maximum absolute atomic E-state index is 10.8. The lowest BCUT2D eigenvalue weighted by Crippen LogP contribution is -2.46. The number of aliphatic imine (C=N–C) groups is 1. The second-order valence-electron chi connectivity index (χ2n) is 7.28. The van der Waals surface area contributed by atoms with Crippen LogP contribution >= 0.6 is 0 Å². The first-order chi connectivity index (χ1) is 15.9. The fourth-order valence-electron chi connectivity index (χ4n) is 3.00. The summed E-state index contributed by atoms with van der Waals surface area (Å²) in [6.07, 6.45) is 2.56. The van der Waals surface area contributed by atoms with Crippen molar-refractivity contribution in [2.24, 2.45) is 4.99 Å². The Morgan fingerprint density at radius 1 is 0.939 bits per heavy atom. The number of benzene rings is 2. The molecule has 0 radical (unpaired) electrons. The summed E-state index contributed by atoms with van der Waals surface area (Å²) in [5.41, 5.74) is 2.40. The molecule has 33 heavy (non-hydrogen) atoms. The number of carboxylic acids is 1. The fraction of sp³-hybridized carbons (Fsp3) is 0.440. The fourth-order valence-corrected chi connectivity index (χ4v) is 5.59. The molecule has 7 nitrogen and oxygen atoms in total. The molecular weight excluding hydrogens is 436 g/mol. The molecule has 0 atom stereocenters. The average molecular weight is 475 g/mol. The summed E-state index contributed by atoms with van der Waals surface area (Å²) in [7, 11) is 1.49. The van der Waals surface area contributed by atoms with Gasteiger partial charge >= 0.3 is 14.8 Å². The molecule has 0 fully saturated rings. The maximum Gasteiger partial charge on any atom is 0.500 e. The number of rotatable bonds is 13. The third-order valence-electron chi connectivity index (χ3n) is 4.53. The molecule has 0 saturated carbocycles. The SMILES string of the molecule is CCO[Si](CCCN=Cc1ccc(C(=O)O)cc1)(OCC)OCC.CN(C)c1ccccc1. The van der Waals surface area contributed by atoms with E-state index >= 15 is 0 Å². The third-order valence-corrected chi connectivity index (χ3v) is 7.68. The van der Waals surface area contributed by atoms with E-state index in [-0.39, 0.29) is 5.56 Å². The number of hydrogen-bond donors (Lipinski definition) is 1. The van der Waals surface area contributed by atoms with E-state index in [9.17, 15) is 4.79 Å². The highest BCUT2D eigenvalue weighted by Crippen LogP contribution is 2.18. The molecule has 0 saturated heterocycles. The zero-order valence-electron chi connectivity index (χ0n) is 20.5. The Labute approximate surface area is 199 Å². The van der Waals surface area contributed by atoms with Gasteiger partial charge < -0.3 is 23.3 Å². The predicted molar refractivity (Wildman–Crippen MR) is 137 cm³/mol. The molecular formula is C25H38N2O5Si. The Kier molecular flexibility index (Phi) is 13.9. The van der Waals surface area contributed by atoms with Crippen LogP contribution in [0.15, 0.2) is 59.6 Å². The molecule has 0 aliphatic heterocycles. The minimum absolute atomic E-state index is 0.271. The van der Waals surface area contributed by atoms with Crippen molar-refractivity contribution in [2.45, 2.75) is 33.2 Å². The molecule has 2 aromatic carbocycles. The summed E-state index contributed by atoms with van der Waals surface area (Å²) in [5, 5.41) is 8.86. The molecule has 1 N–H and O–H groups in total. The molecule has 0 unspecified atom stereocenters. The average Bonchev–Trinajstić information content (AvgIpc) is 2.81. The second-order valence-corrected chi connectivity index (χ2v) is 10.0. The second kappa shape index (κ2) is 16.1. The predicted octanol–water partition coefficient (Wildman–Crippen LogP) is 4.99. The molecule has 0 spiro atoms. The Morgan fingerprint density at radius 2 is 1.48 bits per heavy atom. The van der Waals surface area contributed by atoms with Crippen LogP contribution in [0.3, 0.4) is 0 Å². The van der Waals surface area contributed by atoms with Gasteiger partial charge in [-0.15, -0.1) is 0 Å². The van der Waals surface area contributed by atoms with Crippen LogP contribution in [0.5, 0.6) is 0 Å². The molecule has 2 rings (SSSR count). The first-order valence-electron chi connectivity index (χ1n) is 11.3. The van der Waals surface area contributed by atoms with E-state index in [0.717, 1.165) is 18.0 Å². The van der Waals surface area contributed by atoms with Crippen LogP contribution in [0.4, 0.5) is 5.69 Å². The van der Waals surface area contributed by atoms with Crippen molar-refractivity contribution in [3.8, 4) is 0 Å². The summed E-state index contributed by atoms with van der Waals surface area (Å²) in [6, 6.07) is 17.6. The van der Waals surface area contributed by atoms with Crippen LogP contribution in [-0.4, -0.2) is 66.6 Å². The van der Waals surface area contributed by atoms with E-state index in [4.69, 9.17) is 18.4 Å². The minimum Gasteiger partial charge on any atom is -0.478 e. The molecule has 0 heterocycles. The highest BCUT2D eigenvalue weighted by atomic mass is 28.4. The molecule has 0 bridgehead atoms. The zero-order valence-corrected chi connectivity index (χ0v) is 21.5. The molecule has 0 aliphatic rings. The minimum atomic E-state index is -2.58. The van der Waals surface area contributed by atoms with E-state index in [2.05, 4.69) is 22.0 Å². The summed E-state index contributed by atoms with van der Waals surface area (Å²) in [5.74, 6) is -0.928. The number of nitrogens with zero attached hydrogens (tertiary/aromatic N) is 2. The number of para-hydroxylation sites is 1. The largest absolute Gasteiger partial charge is 0.500 e. The van der Waals surface area contributed by atoms with Crippen LogP contribution in [0, 0.1) is 0 Å². The Bertz CT molecular complexity index is 796. The van der Waals surface area contributed by atoms with E-state index in [0.29, 0.717) is 26.4 Å². The molecule has 8 heteroatoms. The number of carbonyl (C=O) groups is 1. The van der Waals surface area contributed by atoms with Gasteiger partial charge in [-0.25, -0.2) is 4.79 Å². The highest BCUT2D eigenvalue weighted by molar-refractivity contribution is 6.60. The van der Waals surface area contributed by atoms with Crippen molar-refractivity contribution >= 4 is 26.7 Å². The maximum atomic E-state index is 10.8. The van der Waals surface area contributed by atoms with Gasteiger partial charge in [-0.05, 0) is 57.0 Å².